The van der Waals surface area contributed by atoms with Gasteiger partial charge in [-0.2, -0.15) is 0 Å². The second-order valence-electron chi connectivity index (χ2n) is 2.66. The Balaban J connectivity index is 2.77. The van der Waals surface area contributed by atoms with Crippen LogP contribution in [0, 0.1) is 10.1 Å². The van der Waals surface area contributed by atoms with Crippen LogP contribution < -0.4 is 0 Å². The number of halogens is 1. The third-order valence-corrected chi connectivity index (χ3v) is 1.91. The molecule has 0 radical (unpaired) electrons. The van der Waals surface area contributed by atoms with Crippen LogP contribution in [0.15, 0.2) is 18.3 Å². The average molecular weight is 216 g/mol. The van der Waals surface area contributed by atoms with Gasteiger partial charge in [0.25, 0.3) is 0 Å². The maximum atomic E-state index is 10.3. The van der Waals surface area contributed by atoms with Gasteiger partial charge in [-0.3, -0.25) is 4.57 Å². The fraction of sp³-hybridized carbons (Fsp3) is 0.375. The second-order valence-corrected chi connectivity index (χ2v) is 3.00. The zero-order chi connectivity index (χ0) is 10.6. The minimum Gasteiger partial charge on any atom is -0.358 e. The molecule has 76 valence electrons. The molecule has 0 saturated heterocycles. The van der Waals surface area contributed by atoms with Crippen molar-refractivity contribution in [1.29, 1.82) is 0 Å². The first-order valence-electron chi connectivity index (χ1n) is 4.17. The van der Waals surface area contributed by atoms with Crippen LogP contribution in [0.1, 0.15) is 13.3 Å². The lowest BCUT2D eigenvalue weighted by Gasteiger charge is -1.93. The average Bonchev–Trinajstić information content (AvgIpc) is 2.49. The van der Waals surface area contributed by atoms with E-state index in [1.54, 1.807) is 0 Å². The molecule has 1 aromatic heterocycles. The van der Waals surface area contributed by atoms with Crippen molar-refractivity contribution < 1.29 is 4.92 Å². The molecule has 0 unspecified atom stereocenters. The van der Waals surface area contributed by atoms with Gasteiger partial charge in [0.05, 0.1) is 0 Å². The molecule has 0 bridgehead atoms. The molecule has 0 amide bonds. The van der Waals surface area contributed by atoms with Crippen molar-refractivity contribution >= 4 is 17.4 Å². The summed E-state index contributed by atoms with van der Waals surface area (Å²) in [5, 5.41) is 10.5. The number of rotatable bonds is 4. The van der Waals surface area contributed by atoms with Crippen molar-refractivity contribution in [2.24, 2.45) is 0 Å². The van der Waals surface area contributed by atoms with E-state index >= 15 is 0 Å². The van der Waals surface area contributed by atoms with E-state index < -0.39 is 4.92 Å². The molecule has 0 fully saturated rings. The first kappa shape index (κ1) is 10.7. The molecular weight excluding hydrogens is 206 g/mol. The second kappa shape index (κ2) is 4.76. The zero-order valence-electron chi connectivity index (χ0n) is 7.68. The summed E-state index contributed by atoms with van der Waals surface area (Å²) in [5.41, 5.74) is 0. The molecule has 0 aromatic carbocycles. The monoisotopic (exact) mass is 215 g/mol. The van der Waals surface area contributed by atoms with Gasteiger partial charge in [-0.15, -0.1) is 0 Å². The highest BCUT2D eigenvalue weighted by Crippen LogP contribution is 2.15. The third kappa shape index (κ3) is 2.56. The number of allylic oxidation sites excluding steroid dienone is 2. The molecule has 0 atom stereocenters. The smallest absolute Gasteiger partial charge is 0.358 e. The maximum absolute atomic E-state index is 10.3. The summed E-state index contributed by atoms with van der Waals surface area (Å²) in [6.45, 7) is 2.52. The van der Waals surface area contributed by atoms with Gasteiger partial charge in [0.15, 0.2) is 0 Å². The van der Waals surface area contributed by atoms with E-state index in [0.29, 0.717) is 6.54 Å². The number of nitro groups is 1. The van der Waals surface area contributed by atoms with Crippen LogP contribution in [0.4, 0.5) is 5.82 Å². The van der Waals surface area contributed by atoms with Crippen LogP contribution in [-0.4, -0.2) is 14.5 Å². The van der Waals surface area contributed by atoms with Gasteiger partial charge < -0.3 is 10.1 Å². The standard InChI is InChI=1S/C8H10ClN3O2/c1-2-3-4-5-11-6-7(12(13)14)10-8(11)9/h3-4,6H,2,5H2,1H3. The Kier molecular flexibility index (Phi) is 3.64. The molecule has 1 aromatic rings. The van der Waals surface area contributed by atoms with E-state index in [-0.39, 0.29) is 11.1 Å². The van der Waals surface area contributed by atoms with Gasteiger partial charge >= 0.3 is 11.1 Å². The Labute approximate surface area is 86.2 Å². The fourth-order valence-electron chi connectivity index (χ4n) is 0.951. The minimum atomic E-state index is -0.564. The topological polar surface area (TPSA) is 61.0 Å². The Hall–Kier alpha value is -1.36. The van der Waals surface area contributed by atoms with Crippen LogP contribution in [0.2, 0.25) is 5.28 Å². The van der Waals surface area contributed by atoms with E-state index in [1.165, 1.54) is 10.8 Å². The quantitative estimate of drug-likeness (QED) is 0.440. The molecule has 14 heavy (non-hydrogen) atoms. The maximum Gasteiger partial charge on any atom is 0.383 e. The molecule has 0 saturated carbocycles. The number of aromatic nitrogens is 2. The van der Waals surface area contributed by atoms with Crippen LogP contribution in [-0.2, 0) is 6.54 Å². The summed E-state index contributed by atoms with van der Waals surface area (Å²) in [5.74, 6) is -0.222. The lowest BCUT2D eigenvalue weighted by Crippen LogP contribution is -1.92. The van der Waals surface area contributed by atoms with Crippen molar-refractivity contribution in [3.8, 4) is 0 Å². The van der Waals surface area contributed by atoms with E-state index in [0.717, 1.165) is 6.42 Å². The van der Waals surface area contributed by atoms with Crippen molar-refractivity contribution in [2.45, 2.75) is 19.9 Å². The summed E-state index contributed by atoms with van der Waals surface area (Å²) >= 11 is 5.68. The van der Waals surface area contributed by atoms with Gasteiger partial charge in [0, 0.05) is 6.54 Å². The fourth-order valence-corrected chi connectivity index (χ4v) is 1.16. The Morgan fingerprint density at radius 2 is 2.43 bits per heavy atom. The highest BCUT2D eigenvalue weighted by Gasteiger charge is 2.15. The summed E-state index contributed by atoms with van der Waals surface area (Å²) in [4.78, 5) is 13.4. The summed E-state index contributed by atoms with van der Waals surface area (Å²) < 4.78 is 1.52. The van der Waals surface area contributed by atoms with Crippen molar-refractivity contribution in [2.75, 3.05) is 0 Å². The number of hydrogen-bond donors (Lipinski definition) is 0. The van der Waals surface area contributed by atoms with Crippen molar-refractivity contribution in [3.63, 3.8) is 0 Å². The highest BCUT2D eigenvalue weighted by molar-refractivity contribution is 6.28. The summed E-state index contributed by atoms with van der Waals surface area (Å²) in [7, 11) is 0. The predicted octanol–water partition coefficient (Wildman–Crippen LogP) is 2.41. The molecule has 0 aliphatic heterocycles. The van der Waals surface area contributed by atoms with Crippen LogP contribution in [0.5, 0.6) is 0 Å². The first-order valence-corrected chi connectivity index (χ1v) is 4.55. The zero-order valence-corrected chi connectivity index (χ0v) is 8.44. The van der Waals surface area contributed by atoms with Crippen LogP contribution in [0.3, 0.4) is 0 Å². The largest absolute Gasteiger partial charge is 0.383 e. The molecule has 1 rings (SSSR count). The molecule has 5 nitrogen and oxygen atoms in total. The number of imidazole rings is 1. The Morgan fingerprint density at radius 1 is 1.71 bits per heavy atom. The van der Waals surface area contributed by atoms with Gasteiger partial charge in [0.1, 0.15) is 6.20 Å². The van der Waals surface area contributed by atoms with Crippen LogP contribution in [0.25, 0.3) is 0 Å². The van der Waals surface area contributed by atoms with Crippen molar-refractivity contribution in [1.82, 2.24) is 9.55 Å². The molecule has 0 aliphatic rings. The molecule has 1 heterocycles. The molecular formula is C8H10ClN3O2. The van der Waals surface area contributed by atoms with E-state index in [4.69, 9.17) is 11.6 Å². The first-order chi connectivity index (χ1) is 6.65. The number of hydrogen-bond acceptors (Lipinski definition) is 3. The molecule has 0 aliphatic carbocycles. The lowest BCUT2D eigenvalue weighted by molar-refractivity contribution is -0.389. The van der Waals surface area contributed by atoms with Crippen LogP contribution >= 0.6 is 11.6 Å². The van der Waals surface area contributed by atoms with E-state index in [9.17, 15) is 10.1 Å². The summed E-state index contributed by atoms with van der Waals surface area (Å²) in [6.07, 6.45) is 6.09. The van der Waals surface area contributed by atoms with Gasteiger partial charge in [-0.25, -0.2) is 0 Å². The number of nitrogens with zero attached hydrogens (tertiary/aromatic N) is 3. The molecule has 0 N–H and O–H groups in total. The van der Waals surface area contributed by atoms with E-state index in [1.807, 2.05) is 19.1 Å². The Bertz CT molecular complexity index is 359. The van der Waals surface area contributed by atoms with E-state index in [2.05, 4.69) is 4.98 Å². The summed E-state index contributed by atoms with van der Waals surface area (Å²) in [6, 6.07) is 0. The predicted molar refractivity (Wildman–Crippen MR) is 53.3 cm³/mol. The third-order valence-electron chi connectivity index (χ3n) is 1.61. The Morgan fingerprint density at radius 3 is 2.93 bits per heavy atom. The van der Waals surface area contributed by atoms with Gasteiger partial charge in [-0.1, -0.05) is 19.1 Å². The van der Waals surface area contributed by atoms with Crippen molar-refractivity contribution in [3.05, 3.63) is 33.7 Å². The van der Waals surface area contributed by atoms with Gasteiger partial charge in [-0.05, 0) is 27.9 Å². The minimum absolute atomic E-state index is 0.137. The molecule has 6 heteroatoms. The normalized spacial score (nSPS) is 11.0. The SMILES string of the molecule is CCC=CCn1cc([N+](=O)[O-])nc1Cl. The van der Waals surface area contributed by atoms with Gasteiger partial charge in [0.2, 0.25) is 0 Å². The molecule has 0 spiro atoms. The lowest BCUT2D eigenvalue weighted by atomic mass is 10.4. The highest BCUT2D eigenvalue weighted by atomic mass is 35.5.